The number of amides is 1. The molecule has 0 aliphatic carbocycles. The fraction of sp³-hybridized carbons (Fsp3) is 0.421. The van der Waals surface area contributed by atoms with Gasteiger partial charge in [-0.2, -0.15) is 11.3 Å². The van der Waals surface area contributed by atoms with E-state index < -0.39 is 0 Å². The molecule has 136 valence electrons. The Bertz CT molecular complexity index is 642. The number of thiophene rings is 1. The maximum absolute atomic E-state index is 12.2. The molecule has 1 aromatic heterocycles. The first kappa shape index (κ1) is 19.3. The number of carbonyl (C=O) groups is 1. The third kappa shape index (κ3) is 5.47. The average molecular weight is 362 g/mol. The van der Waals surface area contributed by atoms with Crippen molar-refractivity contribution >= 4 is 17.2 Å². The van der Waals surface area contributed by atoms with Gasteiger partial charge in [-0.25, -0.2) is 0 Å². The van der Waals surface area contributed by atoms with Gasteiger partial charge in [0.25, 0.3) is 5.91 Å². The molecule has 1 aromatic carbocycles. The highest BCUT2D eigenvalue weighted by molar-refractivity contribution is 7.07. The van der Waals surface area contributed by atoms with Gasteiger partial charge in [-0.1, -0.05) is 26.0 Å². The van der Waals surface area contributed by atoms with Crippen LogP contribution in [-0.4, -0.2) is 44.2 Å². The molecule has 0 radical (unpaired) electrons. The van der Waals surface area contributed by atoms with Gasteiger partial charge in [0.05, 0.1) is 13.2 Å². The third-order valence-corrected chi connectivity index (χ3v) is 4.80. The number of nitrogens with zero attached hydrogens (tertiary/aromatic N) is 1. The molecule has 0 spiro atoms. The lowest BCUT2D eigenvalue weighted by atomic mass is 10.1. The summed E-state index contributed by atoms with van der Waals surface area (Å²) in [6.45, 7) is 6.67. The van der Waals surface area contributed by atoms with Crippen molar-refractivity contribution in [2.45, 2.75) is 19.9 Å². The molecule has 25 heavy (non-hydrogen) atoms. The van der Waals surface area contributed by atoms with Crippen LogP contribution in [0.25, 0.3) is 0 Å². The average Bonchev–Trinajstić information content (AvgIpc) is 3.18. The van der Waals surface area contributed by atoms with Crippen LogP contribution < -0.4 is 14.8 Å². The molecule has 1 N–H and O–H groups in total. The Morgan fingerprint density at radius 3 is 2.52 bits per heavy atom. The molecule has 5 nitrogen and oxygen atoms in total. The second-order valence-corrected chi connectivity index (χ2v) is 6.32. The number of rotatable bonds is 10. The summed E-state index contributed by atoms with van der Waals surface area (Å²) in [5.41, 5.74) is 1.24. The van der Waals surface area contributed by atoms with Crippen LogP contribution in [0.15, 0.2) is 41.1 Å². The minimum absolute atomic E-state index is 0.0328. The molecule has 2 aromatic rings. The van der Waals surface area contributed by atoms with Crippen molar-refractivity contribution in [2.24, 2.45) is 0 Å². The number of para-hydroxylation sites is 2. The predicted molar refractivity (Wildman–Crippen MR) is 101 cm³/mol. The minimum atomic E-state index is -0.140. The van der Waals surface area contributed by atoms with Gasteiger partial charge in [-0.05, 0) is 47.6 Å². The summed E-state index contributed by atoms with van der Waals surface area (Å²) in [5.74, 6) is 1.05. The van der Waals surface area contributed by atoms with Crippen LogP contribution in [0.5, 0.6) is 11.5 Å². The summed E-state index contributed by atoms with van der Waals surface area (Å²) in [4.78, 5) is 14.5. The molecule has 1 unspecified atom stereocenters. The van der Waals surface area contributed by atoms with Crippen LogP contribution in [0.2, 0.25) is 0 Å². The van der Waals surface area contributed by atoms with Gasteiger partial charge in [0.15, 0.2) is 18.1 Å². The number of nitrogens with one attached hydrogen (secondary N) is 1. The molecule has 0 aliphatic heterocycles. The van der Waals surface area contributed by atoms with Gasteiger partial charge in [0.1, 0.15) is 0 Å². The summed E-state index contributed by atoms with van der Waals surface area (Å²) in [5, 5.41) is 7.19. The second kappa shape index (κ2) is 10.1. The zero-order valence-electron chi connectivity index (χ0n) is 15.0. The Kier molecular flexibility index (Phi) is 7.76. The number of hydrogen-bond acceptors (Lipinski definition) is 5. The Labute approximate surface area is 153 Å². The Hall–Kier alpha value is -2.05. The van der Waals surface area contributed by atoms with Crippen molar-refractivity contribution in [3.63, 3.8) is 0 Å². The van der Waals surface area contributed by atoms with E-state index in [9.17, 15) is 4.79 Å². The molecule has 0 fully saturated rings. The number of likely N-dealkylation sites (N-methyl/N-ethyl adjacent to an activating group) is 1. The summed E-state index contributed by atoms with van der Waals surface area (Å²) < 4.78 is 10.8. The standard InChI is InChI=1S/C19H26N2O3S/c1-4-21(5-2)16(15-10-11-25-14-15)12-20-19(22)13-24-18-9-7-6-8-17(18)23-3/h6-11,14,16H,4-5,12-13H2,1-3H3,(H,20,22). The lowest BCUT2D eigenvalue weighted by Crippen LogP contribution is -2.39. The van der Waals surface area contributed by atoms with E-state index >= 15 is 0 Å². The highest BCUT2D eigenvalue weighted by Crippen LogP contribution is 2.25. The van der Waals surface area contributed by atoms with Gasteiger partial charge in [0, 0.05) is 6.54 Å². The highest BCUT2D eigenvalue weighted by Gasteiger charge is 2.19. The fourth-order valence-corrected chi connectivity index (χ4v) is 3.44. The Balaban J connectivity index is 1.90. The van der Waals surface area contributed by atoms with E-state index in [1.807, 2.05) is 12.1 Å². The van der Waals surface area contributed by atoms with Gasteiger partial charge >= 0.3 is 0 Å². The number of ether oxygens (including phenoxy) is 2. The number of hydrogen-bond donors (Lipinski definition) is 1. The Morgan fingerprint density at radius 1 is 1.20 bits per heavy atom. The Morgan fingerprint density at radius 2 is 1.92 bits per heavy atom. The largest absolute Gasteiger partial charge is 0.493 e. The van der Waals surface area contributed by atoms with E-state index in [0.717, 1.165) is 13.1 Å². The zero-order chi connectivity index (χ0) is 18.1. The number of methoxy groups -OCH3 is 1. The maximum Gasteiger partial charge on any atom is 0.258 e. The van der Waals surface area contributed by atoms with Gasteiger partial charge < -0.3 is 14.8 Å². The molecule has 6 heteroatoms. The van der Waals surface area contributed by atoms with Crippen molar-refractivity contribution in [2.75, 3.05) is 33.4 Å². The summed E-state index contributed by atoms with van der Waals surface area (Å²) in [6, 6.07) is 9.60. The summed E-state index contributed by atoms with van der Waals surface area (Å²) in [7, 11) is 1.58. The van der Waals surface area contributed by atoms with E-state index in [1.165, 1.54) is 5.56 Å². The first-order chi connectivity index (χ1) is 12.2. The van der Waals surface area contributed by atoms with Gasteiger partial charge in [0.2, 0.25) is 0 Å². The smallest absolute Gasteiger partial charge is 0.258 e. The first-order valence-corrected chi connectivity index (χ1v) is 9.42. The molecule has 1 heterocycles. The molecule has 0 aliphatic rings. The normalized spacial score (nSPS) is 12.0. The summed E-state index contributed by atoms with van der Waals surface area (Å²) in [6.07, 6.45) is 0. The van der Waals surface area contributed by atoms with Crippen LogP contribution in [0.1, 0.15) is 25.5 Å². The van der Waals surface area contributed by atoms with Crippen molar-refractivity contribution in [1.82, 2.24) is 10.2 Å². The van der Waals surface area contributed by atoms with E-state index in [4.69, 9.17) is 9.47 Å². The highest BCUT2D eigenvalue weighted by atomic mass is 32.1. The monoisotopic (exact) mass is 362 g/mol. The van der Waals surface area contributed by atoms with Crippen molar-refractivity contribution in [1.29, 1.82) is 0 Å². The van der Waals surface area contributed by atoms with Crippen LogP contribution in [0.3, 0.4) is 0 Å². The zero-order valence-corrected chi connectivity index (χ0v) is 15.8. The van der Waals surface area contributed by atoms with Crippen LogP contribution in [0.4, 0.5) is 0 Å². The number of benzene rings is 1. The third-order valence-electron chi connectivity index (χ3n) is 4.10. The first-order valence-electron chi connectivity index (χ1n) is 8.48. The fourth-order valence-electron chi connectivity index (χ4n) is 2.73. The molecule has 1 atom stereocenters. The van der Waals surface area contributed by atoms with Crippen LogP contribution >= 0.6 is 11.3 Å². The van der Waals surface area contributed by atoms with Crippen molar-refractivity contribution in [3.05, 3.63) is 46.7 Å². The van der Waals surface area contributed by atoms with Gasteiger partial charge in [-0.15, -0.1) is 0 Å². The van der Waals surface area contributed by atoms with E-state index in [2.05, 4.69) is 40.9 Å². The van der Waals surface area contributed by atoms with E-state index in [-0.39, 0.29) is 18.6 Å². The second-order valence-electron chi connectivity index (χ2n) is 5.54. The minimum Gasteiger partial charge on any atom is -0.493 e. The van der Waals surface area contributed by atoms with E-state index in [0.29, 0.717) is 18.0 Å². The van der Waals surface area contributed by atoms with Crippen LogP contribution in [0, 0.1) is 0 Å². The molecule has 2 rings (SSSR count). The SMILES string of the molecule is CCN(CC)C(CNC(=O)COc1ccccc1OC)c1ccsc1. The molecular formula is C19H26N2O3S. The molecule has 0 saturated carbocycles. The molecule has 1 amide bonds. The van der Waals surface area contributed by atoms with Crippen molar-refractivity contribution < 1.29 is 14.3 Å². The molecule has 0 saturated heterocycles. The maximum atomic E-state index is 12.2. The number of carbonyl (C=O) groups excluding carboxylic acids is 1. The van der Waals surface area contributed by atoms with Gasteiger partial charge in [-0.3, -0.25) is 9.69 Å². The predicted octanol–water partition coefficient (Wildman–Crippen LogP) is 3.33. The quantitative estimate of drug-likeness (QED) is 0.704. The lowest BCUT2D eigenvalue weighted by Gasteiger charge is -2.29. The molecule has 0 bridgehead atoms. The summed E-state index contributed by atoms with van der Waals surface area (Å²) >= 11 is 1.67. The van der Waals surface area contributed by atoms with Crippen LogP contribution in [-0.2, 0) is 4.79 Å². The van der Waals surface area contributed by atoms with E-state index in [1.54, 1.807) is 30.6 Å². The topological polar surface area (TPSA) is 50.8 Å². The molecular weight excluding hydrogens is 336 g/mol. The lowest BCUT2D eigenvalue weighted by molar-refractivity contribution is -0.123. The van der Waals surface area contributed by atoms with Crippen molar-refractivity contribution in [3.8, 4) is 11.5 Å².